The van der Waals surface area contributed by atoms with E-state index in [4.69, 9.17) is 4.74 Å². The fraction of sp³-hybridized carbons (Fsp3) is 0.286. The fourth-order valence-electron chi connectivity index (χ4n) is 4.52. The third kappa shape index (κ3) is 5.80. The molecule has 0 spiro atoms. The predicted octanol–water partition coefficient (Wildman–Crippen LogP) is 4.84. The monoisotopic (exact) mass is 521 g/mol. The second-order valence-corrected chi connectivity index (χ2v) is 9.33. The summed E-state index contributed by atoms with van der Waals surface area (Å²) >= 11 is 0. The van der Waals surface area contributed by atoms with Crippen LogP contribution in [-0.4, -0.2) is 51.3 Å². The number of benzene rings is 3. The number of ether oxygens (including phenoxy) is 1. The van der Waals surface area contributed by atoms with Crippen molar-refractivity contribution in [1.29, 1.82) is 0 Å². The highest BCUT2D eigenvalue weighted by Crippen LogP contribution is 2.31. The Kier molecular flexibility index (Phi) is 7.30. The average molecular weight is 522 g/mol. The molecule has 198 valence electrons. The van der Waals surface area contributed by atoms with Crippen molar-refractivity contribution in [2.24, 2.45) is 0 Å². The van der Waals surface area contributed by atoms with Gasteiger partial charge in [-0.25, -0.2) is 13.6 Å². The number of amides is 3. The predicted molar refractivity (Wildman–Crippen MR) is 143 cm³/mol. The van der Waals surface area contributed by atoms with Crippen molar-refractivity contribution in [2.75, 3.05) is 53.7 Å². The first-order chi connectivity index (χ1) is 18.4. The van der Waals surface area contributed by atoms with E-state index in [2.05, 4.69) is 25.8 Å². The Morgan fingerprint density at radius 2 is 1.58 bits per heavy atom. The highest BCUT2D eigenvalue weighted by molar-refractivity contribution is 6.04. The maximum atomic E-state index is 13.9. The number of rotatable bonds is 7. The summed E-state index contributed by atoms with van der Waals surface area (Å²) in [4.78, 5) is 30.1. The van der Waals surface area contributed by atoms with Crippen LogP contribution in [0.15, 0.2) is 60.7 Å². The van der Waals surface area contributed by atoms with Crippen LogP contribution in [0.3, 0.4) is 0 Å². The molecule has 1 saturated heterocycles. The van der Waals surface area contributed by atoms with E-state index in [0.717, 1.165) is 55.2 Å². The van der Waals surface area contributed by atoms with E-state index < -0.39 is 17.7 Å². The molecule has 1 aliphatic carbocycles. The lowest BCUT2D eigenvalue weighted by molar-refractivity contribution is 0.0951. The van der Waals surface area contributed by atoms with Gasteiger partial charge in [0.05, 0.1) is 24.0 Å². The molecule has 38 heavy (non-hydrogen) atoms. The van der Waals surface area contributed by atoms with Crippen molar-refractivity contribution < 1.29 is 23.1 Å². The van der Waals surface area contributed by atoms with Crippen LogP contribution in [0.4, 0.5) is 36.3 Å². The zero-order valence-electron chi connectivity index (χ0n) is 21.0. The summed E-state index contributed by atoms with van der Waals surface area (Å²) in [6.07, 6.45) is 1.89. The molecular formula is C28H29F2N5O3. The number of anilines is 4. The first-order valence-electron chi connectivity index (χ1n) is 12.5. The van der Waals surface area contributed by atoms with Crippen LogP contribution < -0.4 is 30.5 Å². The molecule has 2 fully saturated rings. The molecule has 3 aromatic carbocycles. The number of hydrogen-bond donors (Lipinski definition) is 3. The number of halogens is 2. The van der Waals surface area contributed by atoms with Gasteiger partial charge in [0.2, 0.25) is 0 Å². The summed E-state index contributed by atoms with van der Waals surface area (Å²) in [6.45, 7) is 2.88. The van der Waals surface area contributed by atoms with E-state index in [1.54, 1.807) is 19.2 Å². The van der Waals surface area contributed by atoms with Crippen LogP contribution in [0.5, 0.6) is 5.75 Å². The van der Waals surface area contributed by atoms with E-state index in [1.807, 2.05) is 30.3 Å². The lowest BCUT2D eigenvalue weighted by atomic mass is 10.1. The van der Waals surface area contributed by atoms with Gasteiger partial charge in [0.1, 0.15) is 17.4 Å². The number of nitrogens with zero attached hydrogens (tertiary/aromatic N) is 2. The molecule has 0 aromatic heterocycles. The molecule has 0 radical (unpaired) electrons. The smallest absolute Gasteiger partial charge is 0.323 e. The van der Waals surface area contributed by atoms with E-state index in [9.17, 15) is 18.4 Å². The molecule has 0 bridgehead atoms. The molecule has 3 amide bonds. The van der Waals surface area contributed by atoms with Gasteiger partial charge in [-0.2, -0.15) is 0 Å². The molecule has 8 nitrogen and oxygen atoms in total. The Morgan fingerprint density at radius 3 is 2.26 bits per heavy atom. The van der Waals surface area contributed by atoms with E-state index in [1.165, 1.54) is 0 Å². The lowest BCUT2D eigenvalue weighted by Gasteiger charge is -2.38. The molecule has 1 heterocycles. The molecule has 1 saturated carbocycles. The third-order valence-electron chi connectivity index (χ3n) is 6.64. The SMILES string of the molecule is COc1ccccc1N1CCN(c2ccc(NC(=O)Nc3ccc(F)cc3F)cc2C(=O)NC2CC2)CC1. The second kappa shape index (κ2) is 11.0. The summed E-state index contributed by atoms with van der Waals surface area (Å²) < 4.78 is 32.6. The zero-order valence-corrected chi connectivity index (χ0v) is 21.0. The minimum absolute atomic E-state index is 0.153. The van der Waals surface area contributed by atoms with E-state index in [0.29, 0.717) is 30.4 Å². The molecule has 10 heteroatoms. The third-order valence-corrected chi connectivity index (χ3v) is 6.64. The number of methoxy groups -OCH3 is 1. The number of nitrogens with one attached hydrogen (secondary N) is 3. The largest absolute Gasteiger partial charge is 0.495 e. The standard InChI is InChI=1S/C28H29F2N5O3/c1-38-26-5-3-2-4-25(26)35-14-12-34(13-15-35)24-11-9-20(17-21(24)27(36)31-19-7-8-19)32-28(37)33-23-10-6-18(29)16-22(23)30/h2-6,9-11,16-17,19H,7-8,12-15H2,1H3,(H,31,36)(H2,32,33,37). The van der Waals surface area contributed by atoms with Crippen molar-refractivity contribution >= 4 is 34.7 Å². The lowest BCUT2D eigenvalue weighted by Crippen LogP contribution is -2.47. The summed E-state index contributed by atoms with van der Waals surface area (Å²) in [6, 6.07) is 15.4. The number of hydrogen-bond acceptors (Lipinski definition) is 5. The highest BCUT2D eigenvalue weighted by atomic mass is 19.1. The Hall–Kier alpha value is -4.34. The van der Waals surface area contributed by atoms with Crippen LogP contribution in [0.1, 0.15) is 23.2 Å². The quantitative estimate of drug-likeness (QED) is 0.415. The first-order valence-corrected chi connectivity index (χ1v) is 12.5. The van der Waals surface area contributed by atoms with Gasteiger partial charge in [-0.05, 0) is 55.3 Å². The van der Waals surface area contributed by atoms with Gasteiger partial charge in [0, 0.05) is 49.7 Å². The van der Waals surface area contributed by atoms with Crippen molar-refractivity contribution in [3.63, 3.8) is 0 Å². The van der Waals surface area contributed by atoms with Gasteiger partial charge in [0.25, 0.3) is 5.91 Å². The van der Waals surface area contributed by atoms with Crippen LogP contribution in [0.25, 0.3) is 0 Å². The molecule has 5 rings (SSSR count). The van der Waals surface area contributed by atoms with Crippen LogP contribution in [0.2, 0.25) is 0 Å². The second-order valence-electron chi connectivity index (χ2n) is 9.33. The van der Waals surface area contributed by atoms with Crippen LogP contribution >= 0.6 is 0 Å². The average Bonchev–Trinajstić information content (AvgIpc) is 3.74. The number of carbonyl (C=O) groups excluding carboxylic acids is 2. The maximum Gasteiger partial charge on any atom is 0.323 e. The number of piperazine rings is 1. The first kappa shape index (κ1) is 25.3. The van der Waals surface area contributed by atoms with Gasteiger partial charge < -0.3 is 30.5 Å². The minimum atomic E-state index is -0.882. The van der Waals surface area contributed by atoms with Gasteiger partial charge >= 0.3 is 6.03 Å². The van der Waals surface area contributed by atoms with Crippen molar-refractivity contribution in [1.82, 2.24) is 5.32 Å². The summed E-state index contributed by atoms with van der Waals surface area (Å²) in [5, 5.41) is 8.03. The molecule has 3 aromatic rings. The Morgan fingerprint density at radius 1 is 0.868 bits per heavy atom. The molecule has 0 atom stereocenters. The summed E-state index contributed by atoms with van der Waals surface area (Å²) in [5.74, 6) is -1.01. The van der Waals surface area contributed by atoms with Crippen molar-refractivity contribution in [3.05, 3.63) is 77.9 Å². The topological polar surface area (TPSA) is 85.9 Å². The molecule has 0 unspecified atom stereocenters. The Bertz CT molecular complexity index is 1340. The van der Waals surface area contributed by atoms with Crippen LogP contribution in [0, 0.1) is 11.6 Å². The zero-order chi connectivity index (χ0) is 26.6. The van der Waals surface area contributed by atoms with Crippen molar-refractivity contribution in [3.8, 4) is 5.75 Å². The Balaban J connectivity index is 1.31. The van der Waals surface area contributed by atoms with E-state index in [-0.39, 0.29) is 17.6 Å². The fourth-order valence-corrected chi connectivity index (χ4v) is 4.52. The summed E-state index contributed by atoms with van der Waals surface area (Å²) in [7, 11) is 1.66. The molecule has 2 aliphatic rings. The molecule has 3 N–H and O–H groups in total. The molecular weight excluding hydrogens is 492 g/mol. The van der Waals surface area contributed by atoms with Gasteiger partial charge in [-0.15, -0.1) is 0 Å². The van der Waals surface area contributed by atoms with E-state index >= 15 is 0 Å². The molecule has 1 aliphatic heterocycles. The highest BCUT2D eigenvalue weighted by Gasteiger charge is 2.28. The minimum Gasteiger partial charge on any atom is -0.495 e. The number of carbonyl (C=O) groups is 2. The van der Waals surface area contributed by atoms with Crippen LogP contribution in [-0.2, 0) is 0 Å². The van der Waals surface area contributed by atoms with Crippen molar-refractivity contribution in [2.45, 2.75) is 18.9 Å². The maximum absolute atomic E-state index is 13.9. The van der Waals surface area contributed by atoms with Gasteiger partial charge in [-0.1, -0.05) is 12.1 Å². The normalized spacial score (nSPS) is 15.1. The number of urea groups is 1. The van der Waals surface area contributed by atoms with Gasteiger partial charge in [0.15, 0.2) is 0 Å². The number of para-hydroxylation sites is 2. The van der Waals surface area contributed by atoms with Gasteiger partial charge in [-0.3, -0.25) is 4.79 Å². The summed E-state index contributed by atoms with van der Waals surface area (Å²) in [5.41, 5.74) is 2.48. The Labute approximate surface area is 219 Å².